The molecule has 6 amide bonds. The lowest BCUT2D eigenvalue weighted by Gasteiger charge is -2.49. The van der Waals surface area contributed by atoms with Crippen LogP contribution in [0.1, 0.15) is 24.0 Å². The lowest BCUT2D eigenvalue weighted by molar-refractivity contribution is -0.139. The molecule has 0 spiro atoms. The molecule has 13 nitrogen and oxygen atoms in total. The molecule has 2 saturated heterocycles. The topological polar surface area (TPSA) is 178 Å². The fourth-order valence-electron chi connectivity index (χ4n) is 8.52. The van der Waals surface area contributed by atoms with Gasteiger partial charge in [0.2, 0.25) is 17.6 Å². The van der Waals surface area contributed by atoms with Crippen LogP contribution in [0.5, 0.6) is 23.0 Å². The van der Waals surface area contributed by atoms with Gasteiger partial charge < -0.3 is 25.1 Å². The van der Waals surface area contributed by atoms with Crippen molar-refractivity contribution < 1.29 is 43.3 Å². The minimum absolute atomic E-state index is 0.00699. The smallest absolute Gasteiger partial charge is 0.328 e. The second kappa shape index (κ2) is 13.5. The van der Waals surface area contributed by atoms with Gasteiger partial charge in [-0.3, -0.25) is 24.6 Å². The summed E-state index contributed by atoms with van der Waals surface area (Å²) in [5.74, 6) is -6.58. The predicted octanol–water partition coefficient (Wildman–Crippen LogP) is 5.33. The zero-order valence-corrected chi connectivity index (χ0v) is 30.2. The summed E-state index contributed by atoms with van der Waals surface area (Å²) in [6.07, 6.45) is 5.42. The number of phenols is 1. The average Bonchev–Trinajstić information content (AvgIpc) is 3.53. The largest absolute Gasteiger partial charge is 0.502 e. The number of primary amides is 1. The number of phenolic OH excluding ortho intramolecular Hbond substituents is 1. The lowest BCUT2D eigenvalue weighted by atomic mass is 9.50. The third-order valence-corrected chi connectivity index (χ3v) is 11.4. The van der Waals surface area contributed by atoms with Crippen molar-refractivity contribution in [3.8, 4) is 23.0 Å². The number of fused-ring (bicyclic) bond motifs is 4. The number of nitrogens with zero attached hydrogens (tertiary/aromatic N) is 2. The number of hydrogen-bond acceptors (Lipinski definition) is 10. The average molecular weight is 762 g/mol. The molecule has 3 aromatic rings. The molecule has 0 radical (unpaired) electrons. The van der Waals surface area contributed by atoms with E-state index in [1.54, 1.807) is 60.7 Å². The van der Waals surface area contributed by atoms with Gasteiger partial charge >= 0.3 is 6.03 Å². The number of imide groups is 4. The van der Waals surface area contributed by atoms with E-state index >= 15 is 4.79 Å². The molecule has 2 heterocycles. The van der Waals surface area contributed by atoms with E-state index in [2.05, 4.69) is 5.43 Å². The first kappa shape index (κ1) is 35.9. The number of nitrogens with one attached hydrogen (secondary N) is 1. The molecule has 3 fully saturated rings. The highest BCUT2D eigenvalue weighted by molar-refractivity contribution is 6.36. The first-order valence-corrected chi connectivity index (χ1v) is 17.4. The summed E-state index contributed by atoms with van der Waals surface area (Å²) in [6.45, 7) is 0. The van der Waals surface area contributed by atoms with Crippen molar-refractivity contribution in [1.29, 1.82) is 0 Å². The molecule has 4 aliphatic rings. The van der Waals surface area contributed by atoms with Crippen LogP contribution < -0.4 is 25.4 Å². The zero-order chi connectivity index (χ0) is 37.9. The number of allylic oxidation sites excluding steroid dienone is 3. The Bertz CT molecular complexity index is 2110. The molecular formula is C38H34Cl2N4O9. The van der Waals surface area contributed by atoms with Crippen LogP contribution in [-0.2, 0) is 24.6 Å². The molecule has 7 rings (SSSR count). The number of amides is 6. The van der Waals surface area contributed by atoms with Crippen molar-refractivity contribution >= 4 is 64.6 Å². The van der Waals surface area contributed by atoms with Gasteiger partial charge in [-0.25, -0.2) is 4.79 Å². The molecule has 274 valence electrons. The van der Waals surface area contributed by atoms with E-state index in [9.17, 15) is 24.3 Å². The van der Waals surface area contributed by atoms with E-state index < -0.39 is 64.7 Å². The number of methoxy groups -OCH3 is 3. The van der Waals surface area contributed by atoms with Crippen molar-refractivity contribution in [2.45, 2.75) is 18.3 Å². The van der Waals surface area contributed by atoms with E-state index in [1.165, 1.54) is 27.4 Å². The maximum Gasteiger partial charge on any atom is 0.328 e. The Balaban J connectivity index is 1.45. The Morgan fingerprint density at radius 1 is 0.925 bits per heavy atom. The minimum atomic E-state index is -1.60. The third kappa shape index (κ3) is 5.48. The van der Waals surface area contributed by atoms with Crippen molar-refractivity contribution in [3.05, 3.63) is 93.5 Å². The fraction of sp³-hybridized carbons (Fsp3) is 0.289. The summed E-state index contributed by atoms with van der Waals surface area (Å²) in [7, 11) is 4.30. The van der Waals surface area contributed by atoms with Gasteiger partial charge in [-0.2, -0.15) is 9.91 Å². The third-order valence-electron chi connectivity index (χ3n) is 10.8. The van der Waals surface area contributed by atoms with Crippen LogP contribution in [0, 0.1) is 29.6 Å². The number of ether oxygens (including phenoxy) is 3. The number of carbonyl (C=O) groups excluding carboxylic acids is 5. The summed E-state index contributed by atoms with van der Waals surface area (Å²) >= 11 is 12.6. The maximum atomic E-state index is 15.3. The van der Waals surface area contributed by atoms with Crippen LogP contribution in [0.3, 0.4) is 0 Å². The quantitative estimate of drug-likeness (QED) is 0.201. The summed E-state index contributed by atoms with van der Waals surface area (Å²) < 4.78 is 16.2. The highest BCUT2D eigenvalue weighted by atomic mass is 35.5. The first-order valence-electron chi connectivity index (χ1n) is 16.6. The number of carbonyl (C=O) groups is 5. The van der Waals surface area contributed by atoms with E-state index in [0.29, 0.717) is 32.4 Å². The molecular weight excluding hydrogens is 727 g/mol. The number of nitrogens with two attached hydrogens (primary N) is 1. The number of hydrazine groups is 1. The predicted molar refractivity (Wildman–Crippen MR) is 193 cm³/mol. The SMILES string of the molecule is COc1ccc(C23C(=O)N(Nc4ccc(Cl)cc4Cl)C(=O)C2CC2C(=CCC4C(=O)N(C(N)=O)C(=O)C42)C3C=Cc2cc(OC)c(O)c(OC)c2)cc1. The van der Waals surface area contributed by atoms with Crippen molar-refractivity contribution in [2.24, 2.45) is 35.3 Å². The van der Waals surface area contributed by atoms with Gasteiger partial charge in [-0.1, -0.05) is 59.1 Å². The summed E-state index contributed by atoms with van der Waals surface area (Å²) in [6, 6.07) is 13.4. The van der Waals surface area contributed by atoms with Crippen molar-refractivity contribution in [1.82, 2.24) is 9.91 Å². The Labute approximate surface area is 313 Å². The van der Waals surface area contributed by atoms with Gasteiger partial charge in [0.05, 0.1) is 55.2 Å². The van der Waals surface area contributed by atoms with Crippen LogP contribution in [-0.4, -0.2) is 66.0 Å². The monoisotopic (exact) mass is 760 g/mol. The zero-order valence-electron chi connectivity index (χ0n) is 28.7. The molecule has 4 N–H and O–H groups in total. The molecule has 2 aliphatic heterocycles. The summed E-state index contributed by atoms with van der Waals surface area (Å²) in [4.78, 5) is 70.0. The van der Waals surface area contributed by atoms with Gasteiger partial charge in [0.1, 0.15) is 5.75 Å². The second-order valence-electron chi connectivity index (χ2n) is 13.2. The van der Waals surface area contributed by atoms with E-state index in [0.717, 1.165) is 5.01 Å². The van der Waals surface area contributed by atoms with Crippen LogP contribution in [0.15, 0.2) is 72.3 Å². The number of benzene rings is 3. The van der Waals surface area contributed by atoms with E-state index in [4.69, 9.17) is 43.1 Å². The fourth-order valence-corrected chi connectivity index (χ4v) is 8.97. The van der Waals surface area contributed by atoms with Crippen molar-refractivity contribution in [3.63, 3.8) is 0 Å². The molecule has 3 aromatic carbocycles. The van der Waals surface area contributed by atoms with Crippen LogP contribution in [0.4, 0.5) is 10.5 Å². The minimum Gasteiger partial charge on any atom is -0.502 e. The van der Waals surface area contributed by atoms with E-state index in [1.807, 2.05) is 6.08 Å². The highest BCUT2D eigenvalue weighted by Gasteiger charge is 2.69. The number of anilines is 1. The summed E-state index contributed by atoms with van der Waals surface area (Å²) in [5.41, 5.74) is 8.75. The Morgan fingerprint density at radius 2 is 1.60 bits per heavy atom. The number of likely N-dealkylation sites (tertiary alicyclic amines) is 1. The number of rotatable bonds is 8. The number of halogens is 2. The molecule has 0 aromatic heterocycles. The number of urea groups is 1. The molecule has 53 heavy (non-hydrogen) atoms. The van der Waals surface area contributed by atoms with Gasteiger partial charge in [0, 0.05) is 10.9 Å². The van der Waals surface area contributed by atoms with Gasteiger partial charge in [0.15, 0.2) is 11.5 Å². The van der Waals surface area contributed by atoms with Crippen molar-refractivity contribution in [2.75, 3.05) is 26.8 Å². The summed E-state index contributed by atoms with van der Waals surface area (Å²) in [5, 5.41) is 12.0. The molecule has 1 saturated carbocycles. The van der Waals surface area contributed by atoms with Crippen LogP contribution in [0.25, 0.3) is 6.08 Å². The first-order chi connectivity index (χ1) is 25.4. The second-order valence-corrected chi connectivity index (χ2v) is 14.1. The van der Waals surface area contributed by atoms with Crippen LogP contribution >= 0.6 is 23.2 Å². The standard InChI is InChI=1S/C38H34Cl2N4O9/c1-51-21-8-5-19(6-9-21)38-25(12-4-18-14-29(52-2)32(45)30(15-18)53-3)22-10-11-23-31(35(48)43(33(23)46)37(41)50)24(22)17-26(38)34(47)44(36(38)49)42-28-13-7-20(39)16-27(28)40/h4-10,12-16,23-26,31,42,45H,11,17H2,1-3H3,(H2,41,50). The van der Waals surface area contributed by atoms with Gasteiger partial charge in [-0.05, 0) is 72.4 Å². The molecule has 0 bridgehead atoms. The number of hydrogen-bond donors (Lipinski definition) is 3. The van der Waals surface area contributed by atoms with E-state index in [-0.39, 0.29) is 40.8 Å². The highest BCUT2D eigenvalue weighted by Crippen LogP contribution is 2.61. The van der Waals surface area contributed by atoms with Crippen LogP contribution in [0.2, 0.25) is 10.0 Å². The Kier molecular flexibility index (Phi) is 9.11. The lowest BCUT2D eigenvalue weighted by Crippen LogP contribution is -2.54. The Hall–Kier alpha value is -5.53. The molecule has 15 heteroatoms. The van der Waals surface area contributed by atoms with Gasteiger partial charge in [-0.15, -0.1) is 0 Å². The molecule has 6 atom stereocenters. The number of aromatic hydroxyl groups is 1. The normalized spacial score (nSPS) is 26.3. The Morgan fingerprint density at radius 3 is 2.21 bits per heavy atom. The molecule has 6 unspecified atom stereocenters. The molecule has 2 aliphatic carbocycles. The maximum absolute atomic E-state index is 15.3. The van der Waals surface area contributed by atoms with Gasteiger partial charge in [0.25, 0.3) is 11.8 Å².